The molecule has 320 valence electrons. The fourth-order valence-corrected chi connectivity index (χ4v) is 6.75. The molecule has 4 rings (SSSR count). The van der Waals surface area contributed by atoms with Crippen LogP contribution in [0.15, 0.2) is 61.2 Å². The van der Waals surface area contributed by atoms with Crippen molar-refractivity contribution in [1.82, 2.24) is 19.9 Å². The molecular formula is C50H74F2N4O2. The van der Waals surface area contributed by atoms with Crippen LogP contribution in [0.2, 0.25) is 0 Å². The summed E-state index contributed by atoms with van der Waals surface area (Å²) in [5.41, 5.74) is 3.62. The lowest BCUT2D eigenvalue weighted by molar-refractivity contribution is 0.290. The Morgan fingerprint density at radius 3 is 1.09 bits per heavy atom. The number of hydrogen-bond donors (Lipinski definition) is 0. The van der Waals surface area contributed by atoms with Gasteiger partial charge in [0.2, 0.25) is 0 Å². The summed E-state index contributed by atoms with van der Waals surface area (Å²) in [5.74, 6) is 1.03. The molecule has 0 aliphatic carbocycles. The summed E-state index contributed by atoms with van der Waals surface area (Å²) in [6.07, 6.45) is 36.5. The minimum Gasteiger partial charge on any atom is -0.491 e. The summed E-state index contributed by atoms with van der Waals surface area (Å²) in [7, 11) is 0. The van der Waals surface area contributed by atoms with Crippen molar-refractivity contribution in [2.75, 3.05) is 13.2 Å². The van der Waals surface area contributed by atoms with Crippen molar-refractivity contribution in [2.24, 2.45) is 0 Å². The van der Waals surface area contributed by atoms with Crippen LogP contribution in [0, 0.1) is 11.6 Å². The van der Waals surface area contributed by atoms with Gasteiger partial charge in [-0.2, -0.15) is 0 Å². The van der Waals surface area contributed by atoms with E-state index in [1.165, 1.54) is 108 Å². The van der Waals surface area contributed by atoms with Gasteiger partial charge in [0, 0.05) is 35.9 Å². The Labute approximate surface area is 350 Å². The quantitative estimate of drug-likeness (QED) is 0.0489. The van der Waals surface area contributed by atoms with Gasteiger partial charge >= 0.3 is 0 Å². The minimum absolute atomic E-state index is 0.307. The molecule has 0 aliphatic rings. The van der Waals surface area contributed by atoms with Crippen molar-refractivity contribution < 1.29 is 18.3 Å². The summed E-state index contributed by atoms with van der Waals surface area (Å²) >= 11 is 0. The number of nitrogens with zero attached hydrogens (tertiary/aromatic N) is 4. The highest BCUT2D eigenvalue weighted by Gasteiger charge is 2.10. The van der Waals surface area contributed by atoms with Gasteiger partial charge in [-0.15, -0.1) is 0 Å². The van der Waals surface area contributed by atoms with Crippen LogP contribution in [0.25, 0.3) is 22.8 Å². The molecule has 0 saturated carbocycles. The van der Waals surface area contributed by atoms with E-state index in [0.717, 1.165) is 68.9 Å². The number of unbranched alkanes of at least 4 members (excludes halogenated alkanes) is 18. The molecule has 0 bridgehead atoms. The van der Waals surface area contributed by atoms with E-state index in [4.69, 9.17) is 9.47 Å². The van der Waals surface area contributed by atoms with E-state index in [2.05, 4.69) is 47.6 Å². The van der Waals surface area contributed by atoms with E-state index in [1.807, 2.05) is 36.9 Å². The predicted octanol–water partition coefficient (Wildman–Crippen LogP) is 15.1. The highest BCUT2D eigenvalue weighted by molar-refractivity contribution is 5.57. The van der Waals surface area contributed by atoms with Gasteiger partial charge in [-0.1, -0.05) is 143 Å². The molecule has 2 aromatic heterocycles. The number of hydrogen-bond acceptors (Lipinski definition) is 6. The Balaban J connectivity index is 0.000000317. The van der Waals surface area contributed by atoms with Crippen molar-refractivity contribution in [1.29, 1.82) is 0 Å². The van der Waals surface area contributed by atoms with Crippen LogP contribution in [-0.4, -0.2) is 33.1 Å². The summed E-state index contributed by atoms with van der Waals surface area (Å²) in [5, 5.41) is 0. The molecule has 8 heteroatoms. The number of aromatic nitrogens is 4. The number of aryl methyl sites for hydroxylation is 2. The normalized spacial score (nSPS) is 11.0. The maximum Gasteiger partial charge on any atom is 0.165 e. The minimum atomic E-state index is -0.354. The van der Waals surface area contributed by atoms with Crippen LogP contribution >= 0.6 is 0 Å². The number of rotatable bonds is 30. The lowest BCUT2D eigenvalue weighted by Crippen LogP contribution is -2.00. The molecule has 4 aromatic rings. The van der Waals surface area contributed by atoms with E-state index in [1.54, 1.807) is 12.1 Å². The van der Waals surface area contributed by atoms with Crippen molar-refractivity contribution >= 4 is 0 Å². The first-order valence-corrected chi connectivity index (χ1v) is 23.0. The Morgan fingerprint density at radius 2 is 0.724 bits per heavy atom. The van der Waals surface area contributed by atoms with Crippen LogP contribution in [0.1, 0.15) is 180 Å². The Morgan fingerprint density at radius 1 is 0.397 bits per heavy atom. The predicted molar refractivity (Wildman–Crippen MR) is 238 cm³/mol. The number of ether oxygens (including phenoxy) is 2. The molecule has 6 nitrogen and oxygen atoms in total. The maximum absolute atomic E-state index is 14.5. The lowest BCUT2D eigenvalue weighted by Gasteiger charge is -2.09. The number of benzene rings is 2. The summed E-state index contributed by atoms with van der Waals surface area (Å²) < 4.78 is 40.0. The number of halogens is 2. The van der Waals surface area contributed by atoms with E-state index in [0.29, 0.717) is 47.5 Å². The van der Waals surface area contributed by atoms with E-state index >= 15 is 0 Å². The molecule has 0 saturated heterocycles. The van der Waals surface area contributed by atoms with Gasteiger partial charge in [0.05, 0.1) is 13.2 Å². The Hall–Kier alpha value is -3.94. The van der Waals surface area contributed by atoms with E-state index in [-0.39, 0.29) is 11.6 Å². The molecule has 0 N–H and O–H groups in total. The Kier molecular flexibility index (Phi) is 25.9. The molecule has 0 unspecified atom stereocenters. The van der Waals surface area contributed by atoms with Gasteiger partial charge in [-0.25, -0.2) is 28.7 Å². The van der Waals surface area contributed by atoms with Gasteiger partial charge in [-0.3, -0.25) is 0 Å². The van der Waals surface area contributed by atoms with Gasteiger partial charge in [-0.05, 0) is 86.1 Å². The van der Waals surface area contributed by atoms with Crippen molar-refractivity contribution in [3.63, 3.8) is 0 Å². The zero-order valence-electron chi connectivity index (χ0n) is 36.5. The molecule has 0 radical (unpaired) electrons. The third-order valence-corrected chi connectivity index (χ3v) is 10.4. The third kappa shape index (κ3) is 20.2. The fraction of sp³-hybridized carbons (Fsp3) is 0.600. The van der Waals surface area contributed by atoms with Crippen LogP contribution in [0.4, 0.5) is 8.78 Å². The average Bonchev–Trinajstić information content (AvgIpc) is 3.25. The highest BCUT2D eigenvalue weighted by Crippen LogP contribution is 2.25. The monoisotopic (exact) mass is 801 g/mol. The standard InChI is InChI=1S/C28H43FN2O.C22H31FN2O/c1-3-5-7-9-10-11-12-13-14-16-20-32-27-19-18-25(21-26(27)29)28-30-22-24(23-31-28)17-15-8-6-4-2;1-3-5-7-8-9-10-14-26-21-13-12-19(15-20(21)23)22-24-16-18(17-25-22)11-6-4-2/h18-19,21-23H,3-17,20H2,1-2H3;12-13,15-17H,3-11,14H2,1-2H3. The molecule has 0 spiro atoms. The van der Waals surface area contributed by atoms with Crippen molar-refractivity contribution in [3.05, 3.63) is 83.9 Å². The van der Waals surface area contributed by atoms with E-state index in [9.17, 15) is 8.78 Å². The van der Waals surface area contributed by atoms with Gasteiger partial charge < -0.3 is 9.47 Å². The van der Waals surface area contributed by atoms with Crippen molar-refractivity contribution in [2.45, 2.75) is 182 Å². The van der Waals surface area contributed by atoms with E-state index < -0.39 is 0 Å². The van der Waals surface area contributed by atoms with Gasteiger partial charge in [0.15, 0.2) is 34.8 Å². The molecule has 0 amide bonds. The second-order valence-corrected chi connectivity index (χ2v) is 15.7. The zero-order valence-corrected chi connectivity index (χ0v) is 36.5. The summed E-state index contributed by atoms with van der Waals surface area (Å²) in [6.45, 7) is 9.97. The first-order chi connectivity index (χ1) is 28.5. The van der Waals surface area contributed by atoms with Gasteiger partial charge in [0.1, 0.15) is 0 Å². The summed E-state index contributed by atoms with van der Waals surface area (Å²) in [4.78, 5) is 17.6. The first-order valence-electron chi connectivity index (χ1n) is 23.0. The molecule has 2 heterocycles. The molecule has 2 aromatic carbocycles. The summed E-state index contributed by atoms with van der Waals surface area (Å²) in [6, 6.07) is 9.97. The molecular weight excluding hydrogens is 727 g/mol. The van der Waals surface area contributed by atoms with Crippen LogP contribution < -0.4 is 9.47 Å². The largest absolute Gasteiger partial charge is 0.491 e. The average molecular weight is 801 g/mol. The second-order valence-electron chi connectivity index (χ2n) is 15.7. The smallest absolute Gasteiger partial charge is 0.165 e. The molecule has 0 fully saturated rings. The third-order valence-electron chi connectivity index (χ3n) is 10.4. The SMILES string of the molecule is CCCCCCCCCCCCOc1ccc(-c2ncc(CCCCCC)cn2)cc1F.CCCCCCCCOc1ccc(-c2ncc(CCCC)cn2)cc1F. The van der Waals surface area contributed by atoms with Crippen LogP contribution in [0.5, 0.6) is 11.5 Å². The van der Waals surface area contributed by atoms with Crippen LogP contribution in [0.3, 0.4) is 0 Å². The second kappa shape index (κ2) is 31.0. The zero-order chi connectivity index (χ0) is 41.5. The maximum atomic E-state index is 14.5. The lowest BCUT2D eigenvalue weighted by atomic mass is 10.1. The molecule has 58 heavy (non-hydrogen) atoms. The Bertz CT molecular complexity index is 1620. The van der Waals surface area contributed by atoms with Crippen LogP contribution in [-0.2, 0) is 12.8 Å². The fourth-order valence-electron chi connectivity index (χ4n) is 6.75. The van der Waals surface area contributed by atoms with Crippen molar-refractivity contribution in [3.8, 4) is 34.3 Å². The first kappa shape index (κ1) is 48.4. The molecule has 0 aliphatic heterocycles. The molecule has 0 atom stereocenters. The highest BCUT2D eigenvalue weighted by atomic mass is 19.1. The van der Waals surface area contributed by atoms with Gasteiger partial charge in [0.25, 0.3) is 0 Å². The topological polar surface area (TPSA) is 70.0 Å².